The number of amides is 2. The van der Waals surface area contributed by atoms with Gasteiger partial charge in [-0.1, -0.05) is 6.07 Å². The molecule has 0 spiro atoms. The number of piperazine rings is 1. The van der Waals surface area contributed by atoms with Crippen LogP contribution in [0.5, 0.6) is 5.75 Å². The number of phenolic OH excluding ortho intramolecular Hbond substituents is 1. The highest BCUT2D eigenvalue weighted by Crippen LogP contribution is 2.17. The van der Waals surface area contributed by atoms with Crippen LogP contribution in [0.3, 0.4) is 0 Å². The second-order valence-electron chi connectivity index (χ2n) is 6.14. The predicted octanol–water partition coefficient (Wildman–Crippen LogP) is 0.586. The van der Waals surface area contributed by atoms with Crippen molar-refractivity contribution >= 4 is 23.5 Å². The zero-order chi connectivity index (χ0) is 18.4. The first-order valence-corrected chi connectivity index (χ1v) is 8.14. The van der Waals surface area contributed by atoms with Crippen LogP contribution in [0.15, 0.2) is 24.3 Å². The van der Waals surface area contributed by atoms with Crippen LogP contribution < -0.4 is 5.32 Å². The lowest BCUT2D eigenvalue weighted by Crippen LogP contribution is -2.50. The molecule has 8 nitrogen and oxygen atoms in total. The number of rotatable bonds is 6. The van der Waals surface area contributed by atoms with Gasteiger partial charge in [0.2, 0.25) is 11.8 Å². The van der Waals surface area contributed by atoms with E-state index < -0.39 is 17.8 Å². The van der Waals surface area contributed by atoms with E-state index in [1.165, 1.54) is 19.1 Å². The third kappa shape index (κ3) is 5.75. The zero-order valence-electron chi connectivity index (χ0n) is 14.1. The van der Waals surface area contributed by atoms with E-state index in [0.29, 0.717) is 31.9 Å². The number of benzene rings is 1. The predicted molar refractivity (Wildman–Crippen MR) is 91.2 cm³/mol. The quantitative estimate of drug-likeness (QED) is 0.693. The molecule has 2 amide bonds. The Labute approximate surface area is 146 Å². The van der Waals surface area contributed by atoms with Crippen LogP contribution in [0.4, 0.5) is 5.69 Å². The van der Waals surface area contributed by atoms with Crippen LogP contribution >= 0.6 is 0 Å². The summed E-state index contributed by atoms with van der Waals surface area (Å²) in [6.45, 7) is 4.10. The average molecular weight is 349 g/mol. The van der Waals surface area contributed by atoms with Crippen molar-refractivity contribution in [1.82, 2.24) is 9.80 Å². The van der Waals surface area contributed by atoms with Gasteiger partial charge in [-0.3, -0.25) is 19.3 Å². The number of phenols is 1. The molecule has 2 rings (SSSR count). The highest BCUT2D eigenvalue weighted by Gasteiger charge is 2.27. The number of carbonyl (C=O) groups excluding carboxylic acids is 2. The minimum Gasteiger partial charge on any atom is -0.508 e. The normalized spacial score (nSPS) is 16.3. The summed E-state index contributed by atoms with van der Waals surface area (Å²) < 4.78 is 0. The molecular weight excluding hydrogens is 326 g/mol. The van der Waals surface area contributed by atoms with Crippen molar-refractivity contribution in [2.24, 2.45) is 5.92 Å². The summed E-state index contributed by atoms with van der Waals surface area (Å²) >= 11 is 0. The molecule has 136 valence electrons. The fraction of sp³-hybridized carbons (Fsp3) is 0.471. The van der Waals surface area contributed by atoms with Gasteiger partial charge in [0.1, 0.15) is 5.75 Å². The van der Waals surface area contributed by atoms with E-state index in [4.69, 9.17) is 0 Å². The lowest BCUT2D eigenvalue weighted by atomic mass is 10.0. The van der Waals surface area contributed by atoms with Crippen LogP contribution in [-0.2, 0) is 14.4 Å². The Morgan fingerprint density at radius 3 is 2.44 bits per heavy atom. The van der Waals surface area contributed by atoms with Crippen molar-refractivity contribution in [3.8, 4) is 5.75 Å². The minimum absolute atomic E-state index is 0.0138. The van der Waals surface area contributed by atoms with Gasteiger partial charge in [-0.05, 0) is 12.1 Å². The minimum atomic E-state index is -1.03. The molecular formula is C17H23N3O5. The van der Waals surface area contributed by atoms with Crippen LogP contribution in [0.1, 0.15) is 13.3 Å². The maximum absolute atomic E-state index is 12.1. The first kappa shape index (κ1) is 18.7. The van der Waals surface area contributed by atoms with Crippen molar-refractivity contribution in [3.05, 3.63) is 24.3 Å². The van der Waals surface area contributed by atoms with Gasteiger partial charge < -0.3 is 20.4 Å². The molecule has 3 N–H and O–H groups in total. The summed E-state index contributed by atoms with van der Waals surface area (Å²) in [6.07, 6.45) is -0.155. The summed E-state index contributed by atoms with van der Waals surface area (Å²) in [5, 5.41) is 21.4. The van der Waals surface area contributed by atoms with Gasteiger partial charge in [-0.25, -0.2) is 0 Å². The number of aliphatic carboxylic acids is 1. The number of carbonyl (C=O) groups is 3. The Bertz CT molecular complexity index is 641. The van der Waals surface area contributed by atoms with Crippen molar-refractivity contribution in [2.45, 2.75) is 13.3 Å². The van der Waals surface area contributed by atoms with Crippen molar-refractivity contribution < 1.29 is 24.6 Å². The summed E-state index contributed by atoms with van der Waals surface area (Å²) in [6, 6.07) is 6.09. The van der Waals surface area contributed by atoms with Crippen LogP contribution in [-0.4, -0.2) is 70.5 Å². The Morgan fingerprint density at radius 1 is 1.20 bits per heavy atom. The fourth-order valence-corrected chi connectivity index (χ4v) is 2.81. The highest BCUT2D eigenvalue weighted by atomic mass is 16.4. The lowest BCUT2D eigenvalue weighted by molar-refractivity contribution is -0.144. The Hall–Kier alpha value is -2.61. The van der Waals surface area contributed by atoms with Gasteiger partial charge in [-0.2, -0.15) is 0 Å². The molecule has 1 aromatic rings. The van der Waals surface area contributed by atoms with Crippen LogP contribution in [0.2, 0.25) is 0 Å². The number of anilines is 1. The summed E-state index contributed by atoms with van der Waals surface area (Å²) in [5.41, 5.74) is 0.421. The Balaban J connectivity index is 1.87. The summed E-state index contributed by atoms with van der Waals surface area (Å²) in [5.74, 6) is -2.24. The van der Waals surface area contributed by atoms with Crippen LogP contribution in [0, 0.1) is 5.92 Å². The van der Waals surface area contributed by atoms with Gasteiger partial charge in [0.05, 0.1) is 5.92 Å². The van der Waals surface area contributed by atoms with Crippen molar-refractivity contribution in [3.63, 3.8) is 0 Å². The van der Waals surface area contributed by atoms with E-state index >= 15 is 0 Å². The van der Waals surface area contributed by atoms with Gasteiger partial charge >= 0.3 is 5.97 Å². The number of hydrogen-bond donors (Lipinski definition) is 3. The molecule has 1 saturated heterocycles. The molecule has 1 atom stereocenters. The molecule has 1 aliphatic heterocycles. The molecule has 1 fully saturated rings. The van der Waals surface area contributed by atoms with E-state index in [-0.39, 0.29) is 24.6 Å². The van der Waals surface area contributed by atoms with Crippen LogP contribution in [0.25, 0.3) is 0 Å². The lowest BCUT2D eigenvalue weighted by Gasteiger charge is -2.35. The fourth-order valence-electron chi connectivity index (χ4n) is 2.81. The number of hydrogen-bond acceptors (Lipinski definition) is 5. The summed E-state index contributed by atoms with van der Waals surface area (Å²) in [7, 11) is 0. The first-order chi connectivity index (χ1) is 11.8. The monoisotopic (exact) mass is 349 g/mol. The number of nitrogens with zero attached hydrogens (tertiary/aromatic N) is 2. The van der Waals surface area contributed by atoms with E-state index in [2.05, 4.69) is 5.32 Å². The third-order valence-electron chi connectivity index (χ3n) is 4.21. The van der Waals surface area contributed by atoms with Gasteiger partial charge in [0, 0.05) is 57.8 Å². The molecule has 0 saturated carbocycles. The Morgan fingerprint density at radius 2 is 1.88 bits per heavy atom. The highest BCUT2D eigenvalue weighted by molar-refractivity contribution is 5.93. The zero-order valence-corrected chi connectivity index (χ0v) is 14.1. The number of carboxylic acids is 1. The maximum atomic E-state index is 12.1. The van der Waals surface area contributed by atoms with Crippen molar-refractivity contribution in [2.75, 3.05) is 38.0 Å². The number of carboxylic acid groups (broad SMARTS) is 1. The third-order valence-corrected chi connectivity index (χ3v) is 4.21. The van der Waals surface area contributed by atoms with Gasteiger partial charge in [0.25, 0.3) is 0 Å². The number of nitrogens with one attached hydrogen (secondary N) is 1. The van der Waals surface area contributed by atoms with Gasteiger partial charge in [0.15, 0.2) is 0 Å². The average Bonchev–Trinajstić information content (AvgIpc) is 2.54. The molecule has 1 aromatic carbocycles. The molecule has 0 aromatic heterocycles. The SMILES string of the molecule is CC(=O)N1CCN(CC(CC(=O)Nc2cccc(O)c2)C(=O)O)CC1. The van der Waals surface area contributed by atoms with E-state index in [1.807, 2.05) is 4.90 Å². The second-order valence-corrected chi connectivity index (χ2v) is 6.14. The molecule has 1 heterocycles. The molecule has 0 aliphatic carbocycles. The molecule has 0 bridgehead atoms. The van der Waals surface area contributed by atoms with E-state index in [9.17, 15) is 24.6 Å². The molecule has 1 aliphatic rings. The van der Waals surface area contributed by atoms with Gasteiger partial charge in [-0.15, -0.1) is 0 Å². The standard InChI is InChI=1S/C17H23N3O5/c1-12(21)20-7-5-19(6-8-20)11-13(17(24)25)9-16(23)18-14-3-2-4-15(22)10-14/h2-4,10,13,22H,5-9,11H2,1H3,(H,18,23)(H,24,25). The second kappa shape index (κ2) is 8.48. The smallest absolute Gasteiger partial charge is 0.308 e. The number of aromatic hydroxyl groups is 1. The molecule has 25 heavy (non-hydrogen) atoms. The molecule has 8 heteroatoms. The topological polar surface area (TPSA) is 110 Å². The maximum Gasteiger partial charge on any atom is 0.308 e. The Kier molecular flexibility index (Phi) is 6.35. The van der Waals surface area contributed by atoms with E-state index in [1.54, 1.807) is 17.0 Å². The largest absolute Gasteiger partial charge is 0.508 e. The van der Waals surface area contributed by atoms with E-state index in [0.717, 1.165) is 0 Å². The van der Waals surface area contributed by atoms with Crippen molar-refractivity contribution in [1.29, 1.82) is 0 Å². The molecule has 0 radical (unpaired) electrons. The first-order valence-electron chi connectivity index (χ1n) is 8.14. The summed E-state index contributed by atoms with van der Waals surface area (Å²) in [4.78, 5) is 38.6. The molecule has 1 unspecified atom stereocenters.